The molecule has 0 aliphatic heterocycles. The van der Waals surface area contributed by atoms with Gasteiger partial charge in [-0.3, -0.25) is 0 Å². The van der Waals surface area contributed by atoms with Crippen LogP contribution in [-0.4, -0.2) is 45.3 Å². The van der Waals surface area contributed by atoms with Crippen molar-refractivity contribution < 1.29 is 4.74 Å². The standard InChI is InChI=1S/C13H20Cl2N2O/c1-17(7-8-18-2)6-5-16-10-11-3-4-12(14)13(15)9-11/h3-4,9,16H,5-8,10H2,1-2H3. The van der Waals surface area contributed by atoms with E-state index in [0.717, 1.165) is 38.3 Å². The Labute approximate surface area is 119 Å². The first-order valence-corrected chi connectivity index (χ1v) is 6.71. The van der Waals surface area contributed by atoms with Gasteiger partial charge in [0.1, 0.15) is 0 Å². The first-order valence-electron chi connectivity index (χ1n) is 5.95. The molecule has 102 valence electrons. The summed E-state index contributed by atoms with van der Waals surface area (Å²) in [5.74, 6) is 0. The largest absolute Gasteiger partial charge is 0.383 e. The zero-order valence-electron chi connectivity index (χ0n) is 10.9. The number of likely N-dealkylation sites (N-methyl/N-ethyl adjacent to an activating group) is 1. The molecular formula is C13H20Cl2N2O. The van der Waals surface area contributed by atoms with Crippen LogP contribution < -0.4 is 5.32 Å². The molecule has 0 amide bonds. The minimum absolute atomic E-state index is 0.597. The second-order valence-electron chi connectivity index (χ2n) is 4.22. The van der Waals surface area contributed by atoms with E-state index in [0.29, 0.717) is 10.0 Å². The van der Waals surface area contributed by atoms with E-state index < -0.39 is 0 Å². The van der Waals surface area contributed by atoms with Crippen molar-refractivity contribution >= 4 is 23.2 Å². The highest BCUT2D eigenvalue weighted by molar-refractivity contribution is 6.42. The van der Waals surface area contributed by atoms with Crippen LogP contribution in [0.2, 0.25) is 10.0 Å². The summed E-state index contributed by atoms with van der Waals surface area (Å²) in [5.41, 5.74) is 1.14. The molecule has 0 heterocycles. The summed E-state index contributed by atoms with van der Waals surface area (Å²) in [7, 11) is 3.80. The number of hydrogen-bond acceptors (Lipinski definition) is 3. The second-order valence-corrected chi connectivity index (χ2v) is 5.04. The van der Waals surface area contributed by atoms with Crippen molar-refractivity contribution in [2.75, 3.05) is 40.4 Å². The molecule has 1 N–H and O–H groups in total. The van der Waals surface area contributed by atoms with E-state index in [1.807, 2.05) is 18.2 Å². The highest BCUT2D eigenvalue weighted by Gasteiger charge is 2.00. The van der Waals surface area contributed by atoms with E-state index in [4.69, 9.17) is 27.9 Å². The minimum atomic E-state index is 0.597. The maximum atomic E-state index is 5.95. The van der Waals surface area contributed by atoms with Crippen LogP contribution in [0.5, 0.6) is 0 Å². The van der Waals surface area contributed by atoms with Gasteiger partial charge in [-0.1, -0.05) is 29.3 Å². The van der Waals surface area contributed by atoms with Crippen molar-refractivity contribution in [2.45, 2.75) is 6.54 Å². The first-order chi connectivity index (χ1) is 8.63. The fraction of sp³-hybridized carbons (Fsp3) is 0.538. The van der Waals surface area contributed by atoms with Gasteiger partial charge in [-0.25, -0.2) is 0 Å². The predicted molar refractivity (Wildman–Crippen MR) is 77.5 cm³/mol. The summed E-state index contributed by atoms with van der Waals surface area (Å²) in [6.07, 6.45) is 0. The van der Waals surface area contributed by atoms with E-state index in [9.17, 15) is 0 Å². The molecule has 0 saturated carbocycles. The number of methoxy groups -OCH3 is 1. The quantitative estimate of drug-likeness (QED) is 0.745. The topological polar surface area (TPSA) is 24.5 Å². The maximum absolute atomic E-state index is 5.95. The average Bonchev–Trinajstić information content (AvgIpc) is 2.36. The fourth-order valence-electron chi connectivity index (χ4n) is 1.51. The van der Waals surface area contributed by atoms with Crippen LogP contribution in [-0.2, 0) is 11.3 Å². The van der Waals surface area contributed by atoms with E-state index >= 15 is 0 Å². The van der Waals surface area contributed by atoms with Gasteiger partial charge in [-0.15, -0.1) is 0 Å². The highest BCUT2D eigenvalue weighted by atomic mass is 35.5. The fourth-order valence-corrected chi connectivity index (χ4v) is 1.83. The van der Waals surface area contributed by atoms with Crippen LogP contribution in [0.4, 0.5) is 0 Å². The van der Waals surface area contributed by atoms with Gasteiger partial charge in [0.25, 0.3) is 0 Å². The third kappa shape index (κ3) is 6.03. The number of rotatable bonds is 8. The predicted octanol–water partition coefficient (Wildman–Crippen LogP) is 2.66. The summed E-state index contributed by atoms with van der Waals surface area (Å²) in [6.45, 7) is 4.44. The molecule has 0 bridgehead atoms. The Balaban J connectivity index is 2.19. The van der Waals surface area contributed by atoms with E-state index in [1.165, 1.54) is 0 Å². The average molecular weight is 291 g/mol. The first kappa shape index (κ1) is 15.7. The smallest absolute Gasteiger partial charge is 0.0595 e. The minimum Gasteiger partial charge on any atom is -0.383 e. The van der Waals surface area contributed by atoms with E-state index in [-0.39, 0.29) is 0 Å². The monoisotopic (exact) mass is 290 g/mol. The Bertz CT molecular complexity index is 361. The maximum Gasteiger partial charge on any atom is 0.0595 e. The molecular weight excluding hydrogens is 271 g/mol. The van der Waals surface area contributed by atoms with Crippen molar-refractivity contribution in [3.05, 3.63) is 33.8 Å². The van der Waals surface area contributed by atoms with Crippen LogP contribution in [0, 0.1) is 0 Å². The molecule has 0 aromatic heterocycles. The Kier molecular flexibility index (Phi) is 7.63. The SMILES string of the molecule is COCCN(C)CCNCc1ccc(Cl)c(Cl)c1. The molecule has 0 aliphatic rings. The molecule has 1 aromatic carbocycles. The normalized spacial score (nSPS) is 11.2. The van der Waals surface area contributed by atoms with Crippen molar-refractivity contribution in [3.63, 3.8) is 0 Å². The summed E-state index contributed by atoms with van der Waals surface area (Å²) >= 11 is 11.8. The Morgan fingerprint density at radius 1 is 1.22 bits per heavy atom. The van der Waals surface area contributed by atoms with E-state index in [2.05, 4.69) is 17.3 Å². The van der Waals surface area contributed by atoms with Crippen LogP contribution in [0.15, 0.2) is 18.2 Å². The molecule has 1 rings (SSSR count). The summed E-state index contributed by atoms with van der Waals surface area (Å²) in [6, 6.07) is 5.70. The van der Waals surface area contributed by atoms with Gasteiger partial charge in [0.2, 0.25) is 0 Å². The van der Waals surface area contributed by atoms with Crippen molar-refractivity contribution in [1.29, 1.82) is 0 Å². The van der Waals surface area contributed by atoms with Crippen molar-refractivity contribution in [2.24, 2.45) is 0 Å². The van der Waals surface area contributed by atoms with Crippen LogP contribution in [0.25, 0.3) is 0 Å². The molecule has 18 heavy (non-hydrogen) atoms. The van der Waals surface area contributed by atoms with Crippen molar-refractivity contribution in [1.82, 2.24) is 10.2 Å². The van der Waals surface area contributed by atoms with Gasteiger partial charge in [0.05, 0.1) is 16.7 Å². The molecule has 0 aliphatic carbocycles. The summed E-state index contributed by atoms with van der Waals surface area (Å²) in [4.78, 5) is 2.23. The lowest BCUT2D eigenvalue weighted by atomic mass is 10.2. The molecule has 5 heteroatoms. The van der Waals surface area contributed by atoms with Gasteiger partial charge in [-0.2, -0.15) is 0 Å². The molecule has 1 aromatic rings. The van der Waals surface area contributed by atoms with E-state index in [1.54, 1.807) is 7.11 Å². The molecule has 0 unspecified atom stereocenters. The molecule has 0 spiro atoms. The third-order valence-electron chi connectivity index (χ3n) is 2.66. The van der Waals surface area contributed by atoms with Crippen LogP contribution in [0.3, 0.4) is 0 Å². The van der Waals surface area contributed by atoms with Gasteiger partial charge in [0, 0.05) is 33.3 Å². The Morgan fingerprint density at radius 3 is 2.67 bits per heavy atom. The number of halogens is 2. The van der Waals surface area contributed by atoms with Gasteiger partial charge in [-0.05, 0) is 24.7 Å². The number of benzene rings is 1. The Morgan fingerprint density at radius 2 is 2.00 bits per heavy atom. The lowest BCUT2D eigenvalue weighted by molar-refractivity contribution is 0.161. The summed E-state index contributed by atoms with van der Waals surface area (Å²) in [5, 5.41) is 4.57. The van der Waals surface area contributed by atoms with Gasteiger partial charge < -0.3 is 15.0 Å². The van der Waals surface area contributed by atoms with Gasteiger partial charge in [0.15, 0.2) is 0 Å². The van der Waals surface area contributed by atoms with Crippen LogP contribution >= 0.6 is 23.2 Å². The molecule has 3 nitrogen and oxygen atoms in total. The van der Waals surface area contributed by atoms with Crippen molar-refractivity contribution in [3.8, 4) is 0 Å². The van der Waals surface area contributed by atoms with Crippen LogP contribution in [0.1, 0.15) is 5.56 Å². The number of nitrogens with one attached hydrogen (secondary N) is 1. The molecule has 0 fully saturated rings. The third-order valence-corrected chi connectivity index (χ3v) is 3.40. The number of ether oxygens (including phenoxy) is 1. The highest BCUT2D eigenvalue weighted by Crippen LogP contribution is 2.22. The Hall–Kier alpha value is -0.320. The molecule has 0 radical (unpaired) electrons. The molecule has 0 atom stereocenters. The number of hydrogen-bond donors (Lipinski definition) is 1. The molecule has 0 saturated heterocycles. The van der Waals surface area contributed by atoms with Gasteiger partial charge >= 0.3 is 0 Å². The lowest BCUT2D eigenvalue weighted by Gasteiger charge is -2.16. The number of nitrogens with zero attached hydrogens (tertiary/aromatic N) is 1. The zero-order chi connectivity index (χ0) is 13.4. The summed E-state index contributed by atoms with van der Waals surface area (Å²) < 4.78 is 5.02. The second kappa shape index (κ2) is 8.73. The zero-order valence-corrected chi connectivity index (χ0v) is 12.4. The lowest BCUT2D eigenvalue weighted by Crippen LogP contribution is -2.31.